The number of benzene rings is 1. The van der Waals surface area contributed by atoms with E-state index in [1.165, 1.54) is 0 Å². The van der Waals surface area contributed by atoms with E-state index in [9.17, 15) is 4.79 Å². The molecule has 0 unspecified atom stereocenters. The third-order valence-corrected chi connectivity index (χ3v) is 4.61. The van der Waals surface area contributed by atoms with Crippen LogP contribution in [0, 0.1) is 6.92 Å². The molecule has 3 rings (SSSR count). The number of pyridine rings is 1. The minimum absolute atomic E-state index is 0.0110. The smallest absolute Gasteiger partial charge is 0.251 e. The van der Waals surface area contributed by atoms with Crippen molar-refractivity contribution < 1.29 is 9.53 Å². The fraction of sp³-hybridized carbons (Fsp3) is 0.368. The summed E-state index contributed by atoms with van der Waals surface area (Å²) in [5.74, 6) is 0.614. The number of rotatable bonds is 4. The summed E-state index contributed by atoms with van der Waals surface area (Å²) < 4.78 is 5.88. The summed E-state index contributed by atoms with van der Waals surface area (Å²) >= 11 is 5.83. The van der Waals surface area contributed by atoms with Gasteiger partial charge in [0, 0.05) is 23.9 Å². The van der Waals surface area contributed by atoms with Crippen LogP contribution in [0.15, 0.2) is 42.6 Å². The Morgan fingerprint density at radius 1 is 1.17 bits per heavy atom. The number of carbonyl (C=O) groups is 1. The molecule has 1 aromatic heterocycles. The number of nitrogens with zero attached hydrogens (tertiary/aromatic N) is 1. The molecule has 1 N–H and O–H groups in total. The molecule has 1 fully saturated rings. The maximum atomic E-state index is 12.4. The SMILES string of the molecule is Cc1ccccc1C(=O)NC1CCC(Oc2ccc(Cl)cn2)CC1. The first-order valence-corrected chi connectivity index (χ1v) is 8.64. The van der Waals surface area contributed by atoms with E-state index in [2.05, 4.69) is 10.3 Å². The van der Waals surface area contributed by atoms with Gasteiger partial charge in [0.25, 0.3) is 5.91 Å². The van der Waals surface area contributed by atoms with Crippen LogP contribution in [0.5, 0.6) is 5.88 Å². The molecule has 1 aliphatic rings. The number of hydrogen-bond acceptors (Lipinski definition) is 3. The zero-order valence-electron chi connectivity index (χ0n) is 13.7. The van der Waals surface area contributed by atoms with Crippen LogP contribution in [0.25, 0.3) is 0 Å². The molecule has 5 heteroatoms. The van der Waals surface area contributed by atoms with Crippen LogP contribution < -0.4 is 10.1 Å². The highest BCUT2D eigenvalue weighted by atomic mass is 35.5. The number of carbonyl (C=O) groups excluding carboxylic acids is 1. The predicted molar refractivity (Wildman–Crippen MR) is 94.6 cm³/mol. The maximum absolute atomic E-state index is 12.4. The molecule has 0 aliphatic heterocycles. The second-order valence-corrected chi connectivity index (χ2v) is 6.63. The fourth-order valence-corrected chi connectivity index (χ4v) is 3.13. The third kappa shape index (κ3) is 4.26. The number of halogens is 1. The van der Waals surface area contributed by atoms with Gasteiger partial charge in [-0.05, 0) is 50.3 Å². The van der Waals surface area contributed by atoms with Gasteiger partial charge in [0.15, 0.2) is 0 Å². The molecule has 4 nitrogen and oxygen atoms in total. The van der Waals surface area contributed by atoms with E-state index in [0.717, 1.165) is 36.8 Å². The van der Waals surface area contributed by atoms with E-state index in [1.807, 2.05) is 31.2 Å². The average molecular weight is 345 g/mol. The molecule has 0 bridgehead atoms. The van der Waals surface area contributed by atoms with Crippen molar-refractivity contribution in [3.05, 3.63) is 58.7 Å². The van der Waals surface area contributed by atoms with Gasteiger partial charge in [-0.25, -0.2) is 4.98 Å². The van der Waals surface area contributed by atoms with Gasteiger partial charge >= 0.3 is 0 Å². The number of hydrogen-bond donors (Lipinski definition) is 1. The second kappa shape index (κ2) is 7.67. The van der Waals surface area contributed by atoms with Crippen LogP contribution >= 0.6 is 11.6 Å². The van der Waals surface area contributed by atoms with Gasteiger partial charge in [0.1, 0.15) is 6.10 Å². The molecule has 2 aromatic rings. The van der Waals surface area contributed by atoms with Crippen LogP contribution in [0.4, 0.5) is 0 Å². The average Bonchev–Trinajstić information content (AvgIpc) is 2.59. The summed E-state index contributed by atoms with van der Waals surface area (Å²) in [6, 6.07) is 11.4. The minimum atomic E-state index is 0.0110. The Morgan fingerprint density at radius 3 is 2.58 bits per heavy atom. The van der Waals surface area contributed by atoms with Gasteiger partial charge in [-0.1, -0.05) is 29.8 Å². The maximum Gasteiger partial charge on any atom is 0.251 e. The molecule has 0 radical (unpaired) electrons. The number of ether oxygens (including phenoxy) is 1. The first-order valence-electron chi connectivity index (χ1n) is 8.26. The van der Waals surface area contributed by atoms with Crippen LogP contribution in [-0.4, -0.2) is 23.0 Å². The Kier molecular flexibility index (Phi) is 5.36. The van der Waals surface area contributed by atoms with E-state index >= 15 is 0 Å². The zero-order chi connectivity index (χ0) is 16.9. The van der Waals surface area contributed by atoms with E-state index in [4.69, 9.17) is 16.3 Å². The lowest BCUT2D eigenvalue weighted by molar-refractivity contribution is 0.0889. The predicted octanol–water partition coefficient (Wildman–Crippen LogP) is 4.16. The zero-order valence-corrected chi connectivity index (χ0v) is 14.4. The van der Waals surface area contributed by atoms with Crippen molar-refractivity contribution in [2.45, 2.75) is 44.8 Å². The summed E-state index contributed by atoms with van der Waals surface area (Å²) in [6.45, 7) is 1.96. The molecule has 126 valence electrons. The van der Waals surface area contributed by atoms with E-state index in [1.54, 1.807) is 18.3 Å². The van der Waals surface area contributed by atoms with E-state index in [-0.39, 0.29) is 18.1 Å². The van der Waals surface area contributed by atoms with Gasteiger partial charge in [-0.3, -0.25) is 4.79 Å². The molecule has 0 spiro atoms. The van der Waals surface area contributed by atoms with Crippen molar-refractivity contribution in [1.29, 1.82) is 0 Å². The summed E-state index contributed by atoms with van der Waals surface area (Å²) in [4.78, 5) is 16.5. The van der Waals surface area contributed by atoms with Crippen molar-refractivity contribution in [3.63, 3.8) is 0 Å². The van der Waals surface area contributed by atoms with Crippen LogP contribution in [0.3, 0.4) is 0 Å². The van der Waals surface area contributed by atoms with E-state index < -0.39 is 0 Å². The normalized spacial score (nSPS) is 20.4. The van der Waals surface area contributed by atoms with Crippen molar-refractivity contribution in [2.24, 2.45) is 0 Å². The molecule has 0 atom stereocenters. The Labute approximate surface area is 147 Å². The van der Waals surface area contributed by atoms with Gasteiger partial charge in [0.2, 0.25) is 5.88 Å². The van der Waals surface area contributed by atoms with Crippen molar-refractivity contribution in [1.82, 2.24) is 10.3 Å². The lowest BCUT2D eigenvalue weighted by Crippen LogP contribution is -2.40. The largest absolute Gasteiger partial charge is 0.474 e. The van der Waals surface area contributed by atoms with Crippen LogP contribution in [0.2, 0.25) is 5.02 Å². The lowest BCUT2D eigenvalue weighted by atomic mass is 9.92. The Hall–Kier alpha value is -2.07. The van der Waals surface area contributed by atoms with E-state index in [0.29, 0.717) is 10.9 Å². The number of nitrogens with one attached hydrogen (secondary N) is 1. The van der Waals surface area contributed by atoms with Gasteiger partial charge in [-0.15, -0.1) is 0 Å². The van der Waals surface area contributed by atoms with Crippen molar-refractivity contribution in [2.75, 3.05) is 0 Å². The molecule has 1 aliphatic carbocycles. The highest BCUT2D eigenvalue weighted by Crippen LogP contribution is 2.24. The third-order valence-electron chi connectivity index (χ3n) is 4.39. The van der Waals surface area contributed by atoms with Crippen LogP contribution in [0.1, 0.15) is 41.6 Å². The Balaban J connectivity index is 1.49. The molecule has 1 amide bonds. The fourth-order valence-electron chi connectivity index (χ4n) is 3.02. The number of aromatic nitrogens is 1. The molecule has 0 saturated heterocycles. The summed E-state index contributed by atoms with van der Waals surface area (Å²) in [5, 5.41) is 3.74. The Bertz CT molecular complexity index is 695. The first kappa shape index (κ1) is 16.8. The molecular weight excluding hydrogens is 324 g/mol. The topological polar surface area (TPSA) is 51.2 Å². The molecule has 1 aromatic carbocycles. The molecular formula is C19H21ClN2O2. The van der Waals surface area contributed by atoms with Crippen LogP contribution in [-0.2, 0) is 0 Å². The Morgan fingerprint density at radius 2 is 1.92 bits per heavy atom. The van der Waals surface area contributed by atoms with Gasteiger partial charge < -0.3 is 10.1 Å². The monoisotopic (exact) mass is 344 g/mol. The van der Waals surface area contributed by atoms with Gasteiger partial charge in [-0.2, -0.15) is 0 Å². The standard InChI is InChI=1S/C19H21ClN2O2/c1-13-4-2-3-5-17(13)19(23)22-15-7-9-16(10-8-15)24-18-11-6-14(20)12-21-18/h2-6,11-12,15-16H,7-10H2,1H3,(H,22,23). The minimum Gasteiger partial charge on any atom is -0.474 e. The molecule has 1 saturated carbocycles. The van der Waals surface area contributed by atoms with Crippen molar-refractivity contribution >= 4 is 17.5 Å². The molecule has 1 heterocycles. The summed E-state index contributed by atoms with van der Waals surface area (Å²) in [5.41, 5.74) is 1.75. The first-order chi connectivity index (χ1) is 11.6. The molecule has 24 heavy (non-hydrogen) atoms. The highest BCUT2D eigenvalue weighted by Gasteiger charge is 2.24. The summed E-state index contributed by atoms with van der Waals surface area (Å²) in [7, 11) is 0. The summed E-state index contributed by atoms with van der Waals surface area (Å²) in [6.07, 6.45) is 5.37. The van der Waals surface area contributed by atoms with Gasteiger partial charge in [0.05, 0.1) is 5.02 Å². The lowest BCUT2D eigenvalue weighted by Gasteiger charge is -2.29. The second-order valence-electron chi connectivity index (χ2n) is 6.19. The number of aryl methyl sites for hydroxylation is 1. The highest BCUT2D eigenvalue weighted by molar-refractivity contribution is 6.30. The van der Waals surface area contributed by atoms with Crippen molar-refractivity contribution in [3.8, 4) is 5.88 Å². The number of amides is 1. The quantitative estimate of drug-likeness (QED) is 0.905.